The van der Waals surface area contributed by atoms with Gasteiger partial charge in [0.1, 0.15) is 17.7 Å². The molecule has 1 heterocycles. The maximum Gasteiger partial charge on any atom is 0.416 e. The zero-order chi connectivity index (χ0) is 34.7. The van der Waals surface area contributed by atoms with Crippen molar-refractivity contribution in [3.8, 4) is 11.1 Å². The molecule has 2 unspecified atom stereocenters. The minimum atomic E-state index is -4.80. The van der Waals surface area contributed by atoms with E-state index in [0.29, 0.717) is 28.3 Å². The van der Waals surface area contributed by atoms with Gasteiger partial charge >= 0.3 is 12.1 Å². The number of carbonyl (C=O) groups is 2. The number of benzene rings is 2. The number of likely N-dealkylation sites (N-methyl/N-ethyl adjacent to an activating group) is 1. The van der Waals surface area contributed by atoms with Crippen molar-refractivity contribution in [1.29, 1.82) is 0 Å². The second-order valence-corrected chi connectivity index (χ2v) is 12.4. The Hall–Kier alpha value is -4.06. The summed E-state index contributed by atoms with van der Waals surface area (Å²) in [4.78, 5) is 40.7. The van der Waals surface area contributed by atoms with Gasteiger partial charge in [-0.15, -0.1) is 0 Å². The van der Waals surface area contributed by atoms with Crippen molar-refractivity contribution in [1.82, 2.24) is 14.8 Å². The van der Waals surface area contributed by atoms with Crippen molar-refractivity contribution >= 4 is 11.9 Å². The van der Waals surface area contributed by atoms with E-state index in [4.69, 9.17) is 0 Å². The molecule has 0 saturated carbocycles. The van der Waals surface area contributed by atoms with Crippen molar-refractivity contribution in [2.45, 2.75) is 72.1 Å². The van der Waals surface area contributed by atoms with Crippen molar-refractivity contribution in [2.75, 3.05) is 20.6 Å². The first-order valence-electron chi connectivity index (χ1n) is 14.9. The first-order valence-corrected chi connectivity index (χ1v) is 14.9. The zero-order valence-electron chi connectivity index (χ0n) is 27.0. The van der Waals surface area contributed by atoms with Crippen LogP contribution in [0.2, 0.25) is 0 Å². The van der Waals surface area contributed by atoms with E-state index in [9.17, 15) is 37.1 Å². The number of alkyl halides is 3. The highest BCUT2D eigenvalue weighted by molar-refractivity contribution is 5.82. The van der Waals surface area contributed by atoms with Crippen LogP contribution in [-0.4, -0.2) is 47.1 Å². The van der Waals surface area contributed by atoms with Crippen LogP contribution in [0.25, 0.3) is 11.1 Å². The third kappa shape index (κ3) is 8.80. The summed E-state index contributed by atoms with van der Waals surface area (Å²) in [6, 6.07) is 3.34. The van der Waals surface area contributed by atoms with E-state index in [1.54, 1.807) is 52.8 Å². The number of hydrogen-bond acceptors (Lipinski definition) is 4. The summed E-state index contributed by atoms with van der Waals surface area (Å²) in [5, 5.41) is 12.3. The largest absolute Gasteiger partial charge is 0.481 e. The van der Waals surface area contributed by atoms with Crippen LogP contribution >= 0.6 is 0 Å². The van der Waals surface area contributed by atoms with E-state index in [2.05, 4.69) is 5.32 Å². The lowest BCUT2D eigenvalue weighted by Gasteiger charge is -2.27. The van der Waals surface area contributed by atoms with Crippen molar-refractivity contribution in [2.24, 2.45) is 5.92 Å². The molecule has 2 N–H and O–H groups in total. The third-order valence-corrected chi connectivity index (χ3v) is 7.77. The molecule has 1 amide bonds. The Morgan fingerprint density at radius 1 is 0.978 bits per heavy atom. The number of rotatable bonds is 12. The molecule has 0 spiro atoms. The first-order chi connectivity index (χ1) is 21.3. The minimum Gasteiger partial charge on any atom is -0.481 e. The van der Waals surface area contributed by atoms with Gasteiger partial charge in [0.2, 0.25) is 5.91 Å². The predicted octanol–water partition coefficient (Wildman–Crippen LogP) is 6.76. The molecule has 3 aromatic rings. The van der Waals surface area contributed by atoms with Crippen LogP contribution in [0.5, 0.6) is 0 Å². The molecule has 46 heavy (non-hydrogen) atoms. The van der Waals surface area contributed by atoms with Gasteiger partial charge in [0.25, 0.3) is 5.56 Å². The van der Waals surface area contributed by atoms with Gasteiger partial charge in [-0.05, 0) is 111 Å². The molecule has 0 saturated heterocycles. The van der Waals surface area contributed by atoms with Gasteiger partial charge in [-0.25, -0.2) is 8.78 Å². The number of carboxylic acids is 1. The molecular formula is C34H40F5N3O4. The van der Waals surface area contributed by atoms with E-state index in [1.165, 1.54) is 25.1 Å². The second kappa shape index (κ2) is 14.6. The average Bonchev–Trinajstić information content (AvgIpc) is 2.90. The van der Waals surface area contributed by atoms with Gasteiger partial charge in [0, 0.05) is 24.4 Å². The second-order valence-electron chi connectivity index (χ2n) is 12.4. The fourth-order valence-corrected chi connectivity index (χ4v) is 5.68. The summed E-state index contributed by atoms with van der Waals surface area (Å²) in [5.74, 6) is -3.61. The summed E-state index contributed by atoms with van der Waals surface area (Å²) in [5.41, 5.74) is -0.0706. The Labute approximate surface area is 265 Å². The molecule has 3 rings (SSSR count). The Morgan fingerprint density at radius 2 is 1.59 bits per heavy atom. The Bertz CT molecular complexity index is 1640. The third-order valence-electron chi connectivity index (χ3n) is 7.77. The van der Waals surface area contributed by atoms with Crippen LogP contribution in [0, 0.1) is 38.3 Å². The topological polar surface area (TPSA) is 91.6 Å². The summed E-state index contributed by atoms with van der Waals surface area (Å²) in [6.45, 7) is 8.62. The van der Waals surface area contributed by atoms with Gasteiger partial charge in [-0.1, -0.05) is 13.8 Å². The highest BCUT2D eigenvalue weighted by atomic mass is 19.4. The number of carboxylic acid groups (broad SMARTS) is 1. The SMILES string of the molecule is Cc1cc(-c2c(C)cc(F)cc2C)cc(C(CC(=O)O)NC(=O)C(CC(C)C)n2cc(CCN(C)C)c(C(F)(F)F)cc2=O)c1F. The fourth-order valence-electron chi connectivity index (χ4n) is 5.68. The average molecular weight is 650 g/mol. The molecule has 0 bridgehead atoms. The van der Waals surface area contributed by atoms with Gasteiger partial charge in [0.15, 0.2) is 0 Å². The van der Waals surface area contributed by atoms with E-state index < -0.39 is 59.3 Å². The maximum atomic E-state index is 15.7. The highest BCUT2D eigenvalue weighted by Crippen LogP contribution is 2.35. The van der Waals surface area contributed by atoms with E-state index in [1.807, 2.05) is 0 Å². The molecule has 1 aromatic heterocycles. The molecule has 7 nitrogen and oxygen atoms in total. The van der Waals surface area contributed by atoms with Crippen molar-refractivity contribution in [3.05, 3.63) is 91.9 Å². The van der Waals surface area contributed by atoms with Crippen LogP contribution in [-0.2, 0) is 22.2 Å². The Morgan fingerprint density at radius 3 is 2.11 bits per heavy atom. The standard InChI is InChI=1S/C34H40F5N3O4/c1-18(2)10-28(42-17-22(8-9-41(6)7)26(15-29(42)43)34(37,38)39)33(46)40-27(16-30(44)45)25-14-23(11-21(5)32(25)36)31-19(3)12-24(35)13-20(31)4/h11-15,17-18,27-28H,8-10,16H2,1-7H3,(H,40,46)(H,44,45). The number of nitrogens with one attached hydrogen (secondary N) is 1. The number of carbonyl (C=O) groups excluding carboxylic acids is 1. The number of hydrogen-bond donors (Lipinski definition) is 2. The van der Waals surface area contributed by atoms with Crippen LogP contribution in [0.4, 0.5) is 22.0 Å². The molecule has 0 aliphatic rings. The van der Waals surface area contributed by atoms with Crippen LogP contribution in [0.3, 0.4) is 0 Å². The van der Waals surface area contributed by atoms with Crippen molar-refractivity contribution < 1.29 is 36.6 Å². The van der Waals surface area contributed by atoms with Crippen LogP contribution in [0.15, 0.2) is 41.3 Å². The van der Waals surface area contributed by atoms with Crippen molar-refractivity contribution in [3.63, 3.8) is 0 Å². The number of pyridine rings is 1. The summed E-state index contributed by atoms with van der Waals surface area (Å²) in [6.07, 6.45) is -4.51. The summed E-state index contributed by atoms with van der Waals surface area (Å²) < 4.78 is 72.3. The molecule has 2 atom stereocenters. The van der Waals surface area contributed by atoms with Gasteiger partial charge < -0.3 is 19.9 Å². The first kappa shape index (κ1) is 36.4. The minimum absolute atomic E-state index is 0.0273. The molecule has 0 aliphatic carbocycles. The number of aliphatic carboxylic acids is 1. The maximum absolute atomic E-state index is 15.7. The fraction of sp³-hybridized carbons (Fsp3) is 0.441. The molecule has 250 valence electrons. The van der Waals surface area contributed by atoms with Crippen LogP contribution < -0.4 is 10.9 Å². The lowest BCUT2D eigenvalue weighted by atomic mass is 9.90. The van der Waals surface area contributed by atoms with Gasteiger partial charge in [-0.2, -0.15) is 13.2 Å². The number of nitrogens with zero attached hydrogens (tertiary/aromatic N) is 2. The molecular weight excluding hydrogens is 609 g/mol. The summed E-state index contributed by atoms with van der Waals surface area (Å²) in [7, 11) is 3.38. The lowest BCUT2D eigenvalue weighted by molar-refractivity contribution is -0.139. The van der Waals surface area contributed by atoms with Gasteiger partial charge in [0.05, 0.1) is 18.0 Å². The smallest absolute Gasteiger partial charge is 0.416 e. The van der Waals surface area contributed by atoms with Crippen LogP contribution in [0.1, 0.15) is 72.2 Å². The van der Waals surface area contributed by atoms with E-state index >= 15 is 4.39 Å². The quantitative estimate of drug-likeness (QED) is 0.212. The molecule has 12 heteroatoms. The lowest BCUT2D eigenvalue weighted by Crippen LogP contribution is -2.41. The van der Waals surface area contributed by atoms with E-state index in [-0.39, 0.29) is 42.0 Å². The molecule has 0 radical (unpaired) electrons. The zero-order valence-corrected chi connectivity index (χ0v) is 27.0. The number of aryl methyl sites for hydroxylation is 3. The predicted molar refractivity (Wildman–Crippen MR) is 166 cm³/mol. The highest BCUT2D eigenvalue weighted by Gasteiger charge is 2.36. The molecule has 0 aliphatic heterocycles. The normalized spacial score (nSPS) is 13.3. The van der Waals surface area contributed by atoms with Gasteiger partial charge in [-0.3, -0.25) is 14.4 Å². The number of halogens is 5. The number of amides is 1. The monoisotopic (exact) mass is 649 g/mol. The Kier molecular flexibility index (Phi) is 11.5. The summed E-state index contributed by atoms with van der Waals surface area (Å²) >= 11 is 0. The number of aromatic nitrogens is 1. The molecule has 0 fully saturated rings. The van der Waals surface area contributed by atoms with E-state index in [0.717, 1.165) is 10.8 Å². The molecule has 2 aromatic carbocycles. The Balaban J connectivity index is 2.15.